The molecule has 0 amide bonds. The Hall–Kier alpha value is -0.740. The van der Waals surface area contributed by atoms with Crippen LogP contribution in [0.3, 0.4) is 0 Å². The summed E-state index contributed by atoms with van der Waals surface area (Å²) in [7, 11) is 0. The van der Waals surface area contributed by atoms with Gasteiger partial charge in [-0.05, 0) is 25.5 Å². The van der Waals surface area contributed by atoms with E-state index < -0.39 is 6.17 Å². The third-order valence-electron chi connectivity index (χ3n) is 3.85. The van der Waals surface area contributed by atoms with E-state index in [1.54, 1.807) is 6.08 Å². The van der Waals surface area contributed by atoms with E-state index in [4.69, 9.17) is 0 Å². The molecular formula is C12H16F2N2. The van der Waals surface area contributed by atoms with Crippen LogP contribution in [0.4, 0.5) is 8.78 Å². The molecule has 0 aromatic heterocycles. The summed E-state index contributed by atoms with van der Waals surface area (Å²) in [5.74, 6) is -0.378. The minimum Gasteiger partial charge on any atom is -0.312 e. The summed E-state index contributed by atoms with van der Waals surface area (Å²) in [5.41, 5.74) is 0.332. The van der Waals surface area contributed by atoms with Gasteiger partial charge >= 0.3 is 0 Å². The molecule has 4 heteroatoms. The van der Waals surface area contributed by atoms with Crippen molar-refractivity contribution in [1.29, 1.82) is 0 Å². The first kappa shape index (κ1) is 10.4. The van der Waals surface area contributed by atoms with Crippen molar-refractivity contribution >= 4 is 0 Å². The molecule has 1 aliphatic carbocycles. The zero-order chi connectivity index (χ0) is 11.1. The van der Waals surface area contributed by atoms with Crippen LogP contribution < -0.4 is 10.6 Å². The van der Waals surface area contributed by atoms with Crippen LogP contribution in [0, 0.1) is 0 Å². The Morgan fingerprint density at radius 3 is 2.94 bits per heavy atom. The molecule has 3 aliphatic rings. The topological polar surface area (TPSA) is 24.1 Å². The molecule has 4 unspecified atom stereocenters. The highest BCUT2D eigenvalue weighted by atomic mass is 19.1. The van der Waals surface area contributed by atoms with Gasteiger partial charge in [0.15, 0.2) is 0 Å². The average Bonchev–Trinajstić information content (AvgIpc) is 2.77. The molecule has 2 saturated heterocycles. The molecule has 2 N–H and O–H groups in total. The molecule has 16 heavy (non-hydrogen) atoms. The van der Waals surface area contributed by atoms with Crippen molar-refractivity contribution in [1.82, 2.24) is 10.6 Å². The van der Waals surface area contributed by atoms with E-state index in [9.17, 15) is 8.78 Å². The second-order valence-corrected chi connectivity index (χ2v) is 4.82. The van der Waals surface area contributed by atoms with Crippen LogP contribution in [-0.2, 0) is 0 Å². The van der Waals surface area contributed by atoms with Gasteiger partial charge in [-0.3, -0.25) is 0 Å². The second-order valence-electron chi connectivity index (χ2n) is 4.82. The largest absolute Gasteiger partial charge is 0.312 e. The minimum absolute atomic E-state index is 0.122. The molecule has 2 nitrogen and oxygen atoms in total. The fraction of sp³-hybridized carbons (Fsp3) is 0.667. The Morgan fingerprint density at radius 1 is 1.31 bits per heavy atom. The van der Waals surface area contributed by atoms with E-state index in [-0.39, 0.29) is 11.9 Å². The average molecular weight is 226 g/mol. The van der Waals surface area contributed by atoms with Crippen LogP contribution >= 0.6 is 0 Å². The number of halogens is 2. The number of fused-ring (bicyclic) bond motifs is 1. The van der Waals surface area contributed by atoms with Gasteiger partial charge in [-0.2, -0.15) is 0 Å². The van der Waals surface area contributed by atoms with Crippen LogP contribution in [0.1, 0.15) is 19.3 Å². The molecule has 0 aromatic rings. The molecule has 4 atom stereocenters. The first-order valence-electron chi connectivity index (χ1n) is 5.95. The summed E-state index contributed by atoms with van der Waals surface area (Å²) in [6.07, 6.45) is 3.99. The van der Waals surface area contributed by atoms with Gasteiger partial charge in [0, 0.05) is 30.1 Å². The third-order valence-corrected chi connectivity index (χ3v) is 3.85. The first-order chi connectivity index (χ1) is 7.75. The highest BCUT2D eigenvalue weighted by molar-refractivity contribution is 5.33. The zero-order valence-corrected chi connectivity index (χ0v) is 9.05. The molecular weight excluding hydrogens is 210 g/mol. The number of rotatable bonds is 1. The van der Waals surface area contributed by atoms with Crippen LogP contribution in [0.2, 0.25) is 0 Å². The number of hydrogen-bond donors (Lipinski definition) is 2. The molecule has 0 radical (unpaired) electrons. The lowest BCUT2D eigenvalue weighted by molar-refractivity contribution is 0.344. The lowest BCUT2D eigenvalue weighted by Crippen LogP contribution is -2.35. The van der Waals surface area contributed by atoms with Gasteiger partial charge in [0.1, 0.15) is 12.0 Å². The number of nitrogens with one attached hydrogen (secondary N) is 2. The van der Waals surface area contributed by atoms with E-state index in [1.807, 2.05) is 0 Å². The fourth-order valence-corrected chi connectivity index (χ4v) is 3.06. The summed E-state index contributed by atoms with van der Waals surface area (Å²) in [5, 5.41) is 6.72. The maximum atomic E-state index is 13.7. The van der Waals surface area contributed by atoms with Crippen molar-refractivity contribution in [2.24, 2.45) is 0 Å². The van der Waals surface area contributed by atoms with E-state index in [2.05, 4.69) is 10.6 Å². The Balaban J connectivity index is 1.81. The molecule has 0 bridgehead atoms. The summed E-state index contributed by atoms with van der Waals surface area (Å²) in [6, 6.07) is 0.662. The molecule has 0 spiro atoms. The quantitative estimate of drug-likeness (QED) is 0.709. The second kappa shape index (κ2) is 3.93. The predicted octanol–water partition coefficient (Wildman–Crippen LogP) is 1.60. The maximum absolute atomic E-state index is 13.7. The molecule has 3 rings (SSSR count). The van der Waals surface area contributed by atoms with Crippen molar-refractivity contribution in [3.8, 4) is 0 Å². The minimum atomic E-state index is -1.15. The maximum Gasteiger partial charge on any atom is 0.129 e. The highest BCUT2D eigenvalue weighted by Crippen LogP contribution is 2.32. The van der Waals surface area contributed by atoms with Gasteiger partial charge in [-0.15, -0.1) is 0 Å². The van der Waals surface area contributed by atoms with Crippen molar-refractivity contribution in [3.63, 3.8) is 0 Å². The summed E-state index contributed by atoms with van der Waals surface area (Å²) in [4.78, 5) is 0. The van der Waals surface area contributed by atoms with Crippen LogP contribution in [0.15, 0.2) is 23.6 Å². The van der Waals surface area contributed by atoms with Gasteiger partial charge in [0.25, 0.3) is 0 Å². The summed E-state index contributed by atoms with van der Waals surface area (Å²) < 4.78 is 27.3. The monoisotopic (exact) mass is 226 g/mol. The lowest BCUT2D eigenvalue weighted by atomic mass is 9.93. The number of hydrogen-bond acceptors (Lipinski definition) is 2. The van der Waals surface area contributed by atoms with E-state index >= 15 is 0 Å². The predicted molar refractivity (Wildman–Crippen MR) is 58.5 cm³/mol. The Labute approximate surface area is 93.8 Å². The Bertz CT molecular complexity index is 339. The number of alkyl halides is 1. The van der Waals surface area contributed by atoms with E-state index in [0.717, 1.165) is 19.4 Å². The van der Waals surface area contributed by atoms with Crippen molar-refractivity contribution < 1.29 is 8.78 Å². The highest BCUT2D eigenvalue weighted by Gasteiger charge is 2.40. The number of allylic oxidation sites excluding steroid dienone is 3. The lowest BCUT2D eigenvalue weighted by Gasteiger charge is -2.22. The van der Waals surface area contributed by atoms with Crippen molar-refractivity contribution in [3.05, 3.63) is 23.6 Å². The molecule has 88 valence electrons. The molecule has 2 aliphatic heterocycles. The van der Waals surface area contributed by atoms with Crippen LogP contribution in [0.5, 0.6) is 0 Å². The third kappa shape index (κ3) is 1.60. The Kier molecular flexibility index (Phi) is 2.56. The molecule has 0 aromatic carbocycles. The van der Waals surface area contributed by atoms with Crippen molar-refractivity contribution in [2.75, 3.05) is 6.54 Å². The van der Waals surface area contributed by atoms with Gasteiger partial charge in [-0.25, -0.2) is 8.78 Å². The smallest absolute Gasteiger partial charge is 0.129 e. The van der Waals surface area contributed by atoms with Crippen molar-refractivity contribution in [2.45, 2.75) is 43.6 Å². The normalized spacial score (nSPS) is 42.9. The Morgan fingerprint density at radius 2 is 2.19 bits per heavy atom. The van der Waals surface area contributed by atoms with Crippen LogP contribution in [0.25, 0.3) is 0 Å². The first-order valence-corrected chi connectivity index (χ1v) is 5.95. The molecule has 2 fully saturated rings. The fourth-order valence-electron chi connectivity index (χ4n) is 3.06. The van der Waals surface area contributed by atoms with Gasteiger partial charge in [0.05, 0.1) is 0 Å². The van der Waals surface area contributed by atoms with Crippen LogP contribution in [-0.4, -0.2) is 30.8 Å². The van der Waals surface area contributed by atoms with E-state index in [0.29, 0.717) is 24.1 Å². The van der Waals surface area contributed by atoms with Gasteiger partial charge < -0.3 is 10.6 Å². The van der Waals surface area contributed by atoms with Gasteiger partial charge in [-0.1, -0.05) is 6.08 Å². The SMILES string of the molecule is FC1=C(C2CC3NCCC3N2)C(F)CC=C1. The molecule has 0 saturated carbocycles. The summed E-state index contributed by atoms with van der Waals surface area (Å²) in [6.45, 7) is 1.01. The standard InChI is InChI=1S/C12H16F2N2/c13-7-2-1-3-8(14)12(7)11-6-10-9(16-11)4-5-15-10/h1-2,8-11,15-16H,3-6H2. The van der Waals surface area contributed by atoms with Gasteiger partial charge in [0.2, 0.25) is 0 Å². The molecule has 2 heterocycles. The summed E-state index contributed by atoms with van der Waals surface area (Å²) >= 11 is 0. The zero-order valence-electron chi connectivity index (χ0n) is 9.05. The van der Waals surface area contributed by atoms with E-state index in [1.165, 1.54) is 6.08 Å².